The number of aryl methyl sites for hydroxylation is 2. The Labute approximate surface area is 155 Å². The summed E-state index contributed by atoms with van der Waals surface area (Å²) in [6.07, 6.45) is 3.29. The lowest BCUT2D eigenvalue weighted by Gasteiger charge is -2.14. The van der Waals surface area contributed by atoms with Gasteiger partial charge in [0, 0.05) is 13.1 Å². The van der Waals surface area contributed by atoms with Gasteiger partial charge in [0.1, 0.15) is 12.4 Å². The minimum atomic E-state index is -0.345. The summed E-state index contributed by atoms with van der Waals surface area (Å²) in [6, 6.07) is 14.4. The number of carbonyl (C=O) groups is 1. The van der Waals surface area contributed by atoms with Crippen LogP contribution in [-0.4, -0.2) is 25.6 Å². The quantitative estimate of drug-likeness (QED) is 0.541. The summed E-state index contributed by atoms with van der Waals surface area (Å²) < 4.78 is 5.69. The predicted octanol–water partition coefficient (Wildman–Crippen LogP) is 2.66. The van der Waals surface area contributed by atoms with Crippen molar-refractivity contribution in [1.29, 1.82) is 0 Å². The molecule has 0 aromatic heterocycles. The van der Waals surface area contributed by atoms with Gasteiger partial charge in [-0.1, -0.05) is 37.3 Å². The lowest BCUT2D eigenvalue weighted by atomic mass is 10.0. The van der Waals surface area contributed by atoms with Crippen molar-refractivity contribution in [3.8, 4) is 5.75 Å². The van der Waals surface area contributed by atoms with E-state index in [1.807, 2.05) is 18.2 Å². The van der Waals surface area contributed by atoms with Crippen LogP contribution in [-0.2, 0) is 24.1 Å². The Hall–Kier alpha value is -2.53. The number of nitrogens with two attached hydrogens (primary N) is 2. The van der Waals surface area contributed by atoms with Crippen LogP contribution in [0.25, 0.3) is 0 Å². The monoisotopic (exact) mass is 355 g/mol. The molecule has 2 aromatic rings. The van der Waals surface area contributed by atoms with Gasteiger partial charge < -0.3 is 21.5 Å². The first-order chi connectivity index (χ1) is 12.6. The van der Waals surface area contributed by atoms with Crippen molar-refractivity contribution in [3.05, 3.63) is 59.2 Å². The number of nitrogens with one attached hydrogen (secondary N) is 1. The van der Waals surface area contributed by atoms with Crippen molar-refractivity contribution < 1.29 is 9.53 Å². The molecule has 5 heteroatoms. The third kappa shape index (κ3) is 6.41. The Balaban J connectivity index is 1.95. The van der Waals surface area contributed by atoms with Gasteiger partial charge in [0.15, 0.2) is 0 Å². The van der Waals surface area contributed by atoms with E-state index in [-0.39, 0.29) is 12.3 Å². The number of amides is 1. The standard InChI is InChI=1S/C21H29N3O2/c1-2-16-5-3-6-17(13-16)7-4-11-24-19-14-18(15-21(23)25)8-9-20(19)26-12-10-22/h3,5-6,8-9,13-14,24H,2,4,7,10-12,15,22H2,1H3,(H2,23,25). The Bertz CT molecular complexity index is 716. The molecule has 0 spiro atoms. The molecule has 26 heavy (non-hydrogen) atoms. The maximum absolute atomic E-state index is 11.2. The Morgan fingerprint density at radius 2 is 1.92 bits per heavy atom. The molecule has 2 aromatic carbocycles. The van der Waals surface area contributed by atoms with Crippen molar-refractivity contribution >= 4 is 11.6 Å². The van der Waals surface area contributed by atoms with Crippen molar-refractivity contribution in [1.82, 2.24) is 0 Å². The van der Waals surface area contributed by atoms with Gasteiger partial charge in [-0.3, -0.25) is 4.79 Å². The molecule has 5 nitrogen and oxygen atoms in total. The lowest BCUT2D eigenvalue weighted by Crippen LogP contribution is -2.15. The summed E-state index contributed by atoms with van der Waals surface area (Å²) >= 11 is 0. The number of hydrogen-bond acceptors (Lipinski definition) is 4. The van der Waals surface area contributed by atoms with Gasteiger partial charge in [0.25, 0.3) is 0 Å². The summed E-state index contributed by atoms with van der Waals surface area (Å²) in [6.45, 7) is 3.89. The van der Waals surface area contributed by atoms with Crippen LogP contribution in [0.5, 0.6) is 5.75 Å². The van der Waals surface area contributed by atoms with Crippen molar-refractivity contribution in [3.63, 3.8) is 0 Å². The molecule has 0 atom stereocenters. The fourth-order valence-electron chi connectivity index (χ4n) is 2.84. The highest BCUT2D eigenvalue weighted by molar-refractivity contribution is 5.77. The third-order valence-corrected chi connectivity index (χ3v) is 4.16. The van der Waals surface area contributed by atoms with E-state index in [9.17, 15) is 4.79 Å². The second-order valence-electron chi connectivity index (χ2n) is 6.31. The molecule has 0 bridgehead atoms. The van der Waals surface area contributed by atoms with Gasteiger partial charge in [-0.15, -0.1) is 0 Å². The zero-order valence-electron chi connectivity index (χ0n) is 15.5. The minimum Gasteiger partial charge on any atom is -0.490 e. The van der Waals surface area contributed by atoms with E-state index in [0.29, 0.717) is 13.2 Å². The molecule has 0 radical (unpaired) electrons. The van der Waals surface area contributed by atoms with Gasteiger partial charge >= 0.3 is 0 Å². The van der Waals surface area contributed by atoms with Gasteiger partial charge in [0.2, 0.25) is 5.91 Å². The largest absolute Gasteiger partial charge is 0.490 e. The first-order valence-corrected chi connectivity index (χ1v) is 9.18. The van der Waals surface area contributed by atoms with Crippen LogP contribution in [0.3, 0.4) is 0 Å². The molecular formula is C21H29N3O2. The number of anilines is 1. The molecule has 2 rings (SSSR count). The first-order valence-electron chi connectivity index (χ1n) is 9.18. The van der Waals surface area contributed by atoms with Crippen LogP contribution < -0.4 is 21.5 Å². The molecule has 0 saturated carbocycles. The number of rotatable bonds is 11. The molecule has 0 aliphatic rings. The van der Waals surface area contributed by atoms with Crippen LogP contribution in [0.2, 0.25) is 0 Å². The summed E-state index contributed by atoms with van der Waals surface area (Å²) in [5.74, 6) is 0.402. The third-order valence-electron chi connectivity index (χ3n) is 4.16. The number of primary amides is 1. The average Bonchev–Trinajstić information content (AvgIpc) is 2.64. The van der Waals surface area contributed by atoms with Crippen LogP contribution in [0.1, 0.15) is 30.0 Å². The summed E-state index contributed by atoms with van der Waals surface area (Å²) in [5, 5.41) is 3.42. The van der Waals surface area contributed by atoms with Gasteiger partial charge in [-0.25, -0.2) is 0 Å². The van der Waals surface area contributed by atoms with Crippen molar-refractivity contribution in [2.75, 3.05) is 25.0 Å². The van der Waals surface area contributed by atoms with Crippen molar-refractivity contribution in [2.45, 2.75) is 32.6 Å². The summed E-state index contributed by atoms with van der Waals surface area (Å²) in [5.41, 5.74) is 15.3. The number of ether oxygens (including phenoxy) is 1. The minimum absolute atomic E-state index is 0.218. The van der Waals surface area contributed by atoms with E-state index < -0.39 is 0 Å². The number of carbonyl (C=O) groups excluding carboxylic acids is 1. The van der Waals surface area contributed by atoms with E-state index in [1.165, 1.54) is 11.1 Å². The molecule has 0 unspecified atom stereocenters. The Morgan fingerprint density at radius 3 is 2.65 bits per heavy atom. The second kappa shape index (κ2) is 10.5. The maximum Gasteiger partial charge on any atom is 0.221 e. The predicted molar refractivity (Wildman–Crippen MR) is 107 cm³/mol. The van der Waals surface area contributed by atoms with Crippen LogP contribution in [0.4, 0.5) is 5.69 Å². The van der Waals surface area contributed by atoms with Gasteiger partial charge in [0.05, 0.1) is 12.1 Å². The molecule has 0 fully saturated rings. The van der Waals surface area contributed by atoms with E-state index in [2.05, 4.69) is 36.5 Å². The van der Waals surface area contributed by atoms with Gasteiger partial charge in [-0.05, 0) is 48.1 Å². The second-order valence-corrected chi connectivity index (χ2v) is 6.31. The number of benzene rings is 2. The molecule has 140 valence electrons. The molecular weight excluding hydrogens is 326 g/mol. The van der Waals surface area contributed by atoms with E-state index in [1.54, 1.807) is 0 Å². The zero-order valence-corrected chi connectivity index (χ0v) is 15.5. The molecule has 1 amide bonds. The Kier molecular flexibility index (Phi) is 7.96. The van der Waals surface area contributed by atoms with Crippen molar-refractivity contribution in [2.24, 2.45) is 11.5 Å². The topological polar surface area (TPSA) is 90.4 Å². The average molecular weight is 355 g/mol. The summed E-state index contributed by atoms with van der Waals surface area (Å²) in [7, 11) is 0. The Morgan fingerprint density at radius 1 is 1.12 bits per heavy atom. The van der Waals surface area contributed by atoms with E-state index in [4.69, 9.17) is 16.2 Å². The molecule has 0 saturated heterocycles. The van der Waals surface area contributed by atoms with Crippen LogP contribution in [0.15, 0.2) is 42.5 Å². The SMILES string of the molecule is CCc1cccc(CCCNc2cc(CC(N)=O)ccc2OCCN)c1. The van der Waals surface area contributed by atoms with Gasteiger partial charge in [-0.2, -0.15) is 0 Å². The maximum atomic E-state index is 11.2. The fourth-order valence-corrected chi connectivity index (χ4v) is 2.84. The molecule has 0 aliphatic carbocycles. The normalized spacial score (nSPS) is 10.5. The highest BCUT2D eigenvalue weighted by Gasteiger charge is 2.07. The van der Waals surface area contributed by atoms with E-state index in [0.717, 1.165) is 42.8 Å². The lowest BCUT2D eigenvalue weighted by molar-refractivity contribution is -0.117. The van der Waals surface area contributed by atoms with Crippen LogP contribution >= 0.6 is 0 Å². The highest BCUT2D eigenvalue weighted by Crippen LogP contribution is 2.26. The smallest absolute Gasteiger partial charge is 0.221 e. The molecule has 0 aliphatic heterocycles. The summed E-state index contributed by atoms with van der Waals surface area (Å²) in [4.78, 5) is 11.2. The molecule has 5 N–H and O–H groups in total. The fraction of sp³-hybridized carbons (Fsp3) is 0.381. The molecule has 0 heterocycles. The first kappa shape index (κ1) is 19.8. The van der Waals surface area contributed by atoms with Crippen LogP contribution in [0, 0.1) is 0 Å². The van der Waals surface area contributed by atoms with E-state index >= 15 is 0 Å². The zero-order chi connectivity index (χ0) is 18.8. The number of hydrogen-bond donors (Lipinski definition) is 3. The highest BCUT2D eigenvalue weighted by atomic mass is 16.5.